The van der Waals surface area contributed by atoms with Crippen LogP contribution in [0, 0.1) is 6.92 Å². The van der Waals surface area contributed by atoms with Crippen molar-refractivity contribution in [1.82, 2.24) is 15.3 Å². The Kier molecular flexibility index (Phi) is 4.31. The van der Waals surface area contributed by atoms with Crippen LogP contribution in [0.15, 0.2) is 6.20 Å². The fourth-order valence-electron chi connectivity index (χ4n) is 1.56. The molecule has 0 aromatic carbocycles. The maximum atomic E-state index is 5.48. The molecule has 1 aromatic rings. The van der Waals surface area contributed by atoms with Gasteiger partial charge in [0.05, 0.1) is 6.61 Å². The standard InChI is InChI=1S/C13H21N3O/c1-3-4-7-17-13-15-9-11(10(2)16-13)8-14-12-5-6-12/h9,12,14H,3-8H2,1-2H3. The molecule has 0 spiro atoms. The Hall–Kier alpha value is -1.16. The number of hydrogen-bond donors (Lipinski definition) is 1. The molecule has 94 valence electrons. The summed E-state index contributed by atoms with van der Waals surface area (Å²) in [4.78, 5) is 8.61. The van der Waals surface area contributed by atoms with Crippen molar-refractivity contribution < 1.29 is 4.74 Å². The van der Waals surface area contributed by atoms with E-state index in [1.54, 1.807) is 0 Å². The normalized spacial score (nSPS) is 14.9. The smallest absolute Gasteiger partial charge is 0.316 e. The molecule has 1 fully saturated rings. The number of unbranched alkanes of at least 4 members (excludes halogenated alkanes) is 1. The molecule has 1 saturated carbocycles. The SMILES string of the molecule is CCCCOc1ncc(CNC2CC2)c(C)n1. The van der Waals surface area contributed by atoms with E-state index in [0.717, 1.165) is 31.1 Å². The predicted molar refractivity (Wildman–Crippen MR) is 67.0 cm³/mol. The van der Waals surface area contributed by atoms with E-state index in [1.165, 1.54) is 18.4 Å². The van der Waals surface area contributed by atoms with Crippen LogP contribution >= 0.6 is 0 Å². The molecule has 1 heterocycles. The molecule has 0 atom stereocenters. The van der Waals surface area contributed by atoms with Gasteiger partial charge in [0.2, 0.25) is 0 Å². The molecule has 1 aliphatic carbocycles. The molecule has 0 amide bonds. The van der Waals surface area contributed by atoms with E-state index in [4.69, 9.17) is 4.74 Å². The summed E-state index contributed by atoms with van der Waals surface area (Å²) in [7, 11) is 0. The van der Waals surface area contributed by atoms with Crippen molar-refractivity contribution in [2.24, 2.45) is 0 Å². The van der Waals surface area contributed by atoms with Gasteiger partial charge in [0.1, 0.15) is 0 Å². The average molecular weight is 235 g/mol. The molecule has 1 aromatic heterocycles. The first-order valence-corrected chi connectivity index (χ1v) is 6.48. The number of rotatable bonds is 7. The van der Waals surface area contributed by atoms with E-state index in [-0.39, 0.29) is 0 Å². The van der Waals surface area contributed by atoms with Gasteiger partial charge in [-0.05, 0) is 26.2 Å². The Morgan fingerprint density at radius 1 is 1.47 bits per heavy atom. The van der Waals surface area contributed by atoms with Crippen molar-refractivity contribution in [2.75, 3.05) is 6.61 Å². The van der Waals surface area contributed by atoms with Crippen molar-refractivity contribution in [1.29, 1.82) is 0 Å². The highest BCUT2D eigenvalue weighted by Gasteiger charge is 2.20. The number of ether oxygens (including phenoxy) is 1. The molecular formula is C13H21N3O. The largest absolute Gasteiger partial charge is 0.463 e. The Labute approximate surface area is 103 Å². The first kappa shape index (κ1) is 12.3. The number of aryl methyl sites for hydroxylation is 1. The van der Waals surface area contributed by atoms with Crippen molar-refractivity contribution in [3.05, 3.63) is 17.5 Å². The molecule has 4 nitrogen and oxygen atoms in total. The fourth-order valence-corrected chi connectivity index (χ4v) is 1.56. The van der Waals surface area contributed by atoms with Crippen LogP contribution in [-0.2, 0) is 6.54 Å². The summed E-state index contributed by atoms with van der Waals surface area (Å²) < 4.78 is 5.48. The molecule has 0 radical (unpaired) electrons. The van der Waals surface area contributed by atoms with Crippen molar-refractivity contribution in [2.45, 2.75) is 52.1 Å². The van der Waals surface area contributed by atoms with Crippen molar-refractivity contribution in [3.8, 4) is 6.01 Å². The second-order valence-electron chi connectivity index (χ2n) is 4.62. The minimum atomic E-state index is 0.506. The third kappa shape index (κ3) is 3.97. The topological polar surface area (TPSA) is 47.0 Å². The Bertz CT molecular complexity index is 364. The van der Waals surface area contributed by atoms with Gasteiger partial charge < -0.3 is 10.1 Å². The van der Waals surface area contributed by atoms with Gasteiger partial charge >= 0.3 is 6.01 Å². The highest BCUT2D eigenvalue weighted by atomic mass is 16.5. The summed E-state index contributed by atoms with van der Waals surface area (Å²) in [6.45, 7) is 5.72. The van der Waals surface area contributed by atoms with E-state index in [0.29, 0.717) is 12.6 Å². The van der Waals surface area contributed by atoms with Crippen molar-refractivity contribution in [3.63, 3.8) is 0 Å². The minimum Gasteiger partial charge on any atom is -0.463 e. The summed E-state index contributed by atoms with van der Waals surface area (Å²) in [6, 6.07) is 1.22. The summed E-state index contributed by atoms with van der Waals surface area (Å²) in [6.07, 6.45) is 6.66. The molecule has 17 heavy (non-hydrogen) atoms. The molecular weight excluding hydrogens is 214 g/mol. The Morgan fingerprint density at radius 3 is 2.94 bits per heavy atom. The number of nitrogens with zero attached hydrogens (tertiary/aromatic N) is 2. The maximum Gasteiger partial charge on any atom is 0.316 e. The molecule has 0 saturated heterocycles. The van der Waals surface area contributed by atoms with Gasteiger partial charge in [0.25, 0.3) is 0 Å². The highest BCUT2D eigenvalue weighted by Crippen LogP contribution is 2.19. The Morgan fingerprint density at radius 2 is 2.29 bits per heavy atom. The Balaban J connectivity index is 1.85. The highest BCUT2D eigenvalue weighted by molar-refractivity contribution is 5.17. The molecule has 4 heteroatoms. The summed E-state index contributed by atoms with van der Waals surface area (Å²) in [5.74, 6) is 0. The maximum absolute atomic E-state index is 5.48. The quantitative estimate of drug-likeness (QED) is 0.736. The lowest BCUT2D eigenvalue weighted by atomic mass is 10.2. The van der Waals surface area contributed by atoms with Crippen LogP contribution in [0.1, 0.15) is 43.9 Å². The zero-order valence-electron chi connectivity index (χ0n) is 10.7. The molecule has 1 aliphatic rings. The first-order chi connectivity index (χ1) is 8.29. The van der Waals surface area contributed by atoms with Gasteiger partial charge in [-0.1, -0.05) is 13.3 Å². The van der Waals surface area contributed by atoms with E-state index in [9.17, 15) is 0 Å². The van der Waals surface area contributed by atoms with Crippen LogP contribution in [-0.4, -0.2) is 22.6 Å². The van der Waals surface area contributed by atoms with Gasteiger partial charge in [-0.3, -0.25) is 0 Å². The van der Waals surface area contributed by atoms with Gasteiger partial charge in [0.15, 0.2) is 0 Å². The number of aromatic nitrogens is 2. The minimum absolute atomic E-state index is 0.506. The van der Waals surface area contributed by atoms with Gasteiger partial charge in [0, 0.05) is 30.0 Å². The van der Waals surface area contributed by atoms with E-state index in [2.05, 4.69) is 22.2 Å². The zero-order chi connectivity index (χ0) is 12.1. The molecule has 0 aliphatic heterocycles. The van der Waals surface area contributed by atoms with Crippen LogP contribution in [0.5, 0.6) is 6.01 Å². The monoisotopic (exact) mass is 235 g/mol. The molecule has 1 N–H and O–H groups in total. The molecule has 0 unspecified atom stereocenters. The first-order valence-electron chi connectivity index (χ1n) is 6.48. The van der Waals surface area contributed by atoms with Gasteiger partial charge in [-0.25, -0.2) is 9.97 Å². The van der Waals surface area contributed by atoms with E-state index >= 15 is 0 Å². The molecule has 2 rings (SSSR count). The lowest BCUT2D eigenvalue weighted by molar-refractivity contribution is 0.284. The summed E-state index contributed by atoms with van der Waals surface area (Å²) >= 11 is 0. The lowest BCUT2D eigenvalue weighted by Crippen LogP contribution is -2.17. The van der Waals surface area contributed by atoms with Crippen LogP contribution in [0.25, 0.3) is 0 Å². The van der Waals surface area contributed by atoms with Gasteiger partial charge in [-0.2, -0.15) is 0 Å². The van der Waals surface area contributed by atoms with Crippen LogP contribution in [0.4, 0.5) is 0 Å². The van der Waals surface area contributed by atoms with E-state index in [1.807, 2.05) is 13.1 Å². The second kappa shape index (κ2) is 5.96. The second-order valence-corrected chi connectivity index (χ2v) is 4.62. The average Bonchev–Trinajstić information content (AvgIpc) is 3.12. The third-order valence-electron chi connectivity index (χ3n) is 2.95. The number of hydrogen-bond acceptors (Lipinski definition) is 4. The summed E-state index contributed by atoms with van der Waals surface area (Å²) in [5.41, 5.74) is 2.18. The van der Waals surface area contributed by atoms with E-state index < -0.39 is 0 Å². The number of nitrogens with one attached hydrogen (secondary N) is 1. The lowest BCUT2D eigenvalue weighted by Gasteiger charge is -2.08. The fraction of sp³-hybridized carbons (Fsp3) is 0.692. The van der Waals surface area contributed by atoms with Crippen LogP contribution in [0.2, 0.25) is 0 Å². The van der Waals surface area contributed by atoms with Crippen LogP contribution in [0.3, 0.4) is 0 Å². The predicted octanol–water partition coefficient (Wildman–Crippen LogP) is 2.22. The van der Waals surface area contributed by atoms with Crippen molar-refractivity contribution >= 4 is 0 Å². The van der Waals surface area contributed by atoms with Crippen LogP contribution < -0.4 is 10.1 Å². The third-order valence-corrected chi connectivity index (χ3v) is 2.95. The molecule has 0 bridgehead atoms. The van der Waals surface area contributed by atoms with Gasteiger partial charge in [-0.15, -0.1) is 0 Å². The zero-order valence-corrected chi connectivity index (χ0v) is 10.7. The summed E-state index contributed by atoms with van der Waals surface area (Å²) in [5, 5.41) is 3.46.